The summed E-state index contributed by atoms with van der Waals surface area (Å²) in [4.78, 5) is 14.8. The monoisotopic (exact) mass is 417 g/mol. The van der Waals surface area contributed by atoms with Crippen molar-refractivity contribution in [2.24, 2.45) is 0 Å². The summed E-state index contributed by atoms with van der Waals surface area (Å²) < 4.78 is 27.1. The van der Waals surface area contributed by atoms with Gasteiger partial charge in [-0.05, 0) is 101 Å². The summed E-state index contributed by atoms with van der Waals surface area (Å²) in [6.45, 7) is 5.94. The maximum Gasteiger partial charge on any atom is 0.333 e. The van der Waals surface area contributed by atoms with E-state index in [-0.39, 0.29) is 5.54 Å². The molecule has 0 atom stereocenters. The van der Waals surface area contributed by atoms with Gasteiger partial charge in [-0.3, -0.25) is 4.90 Å². The highest BCUT2D eigenvalue weighted by Gasteiger charge is 2.28. The number of sulfonamides is 1. The molecule has 6 nitrogen and oxygen atoms in total. The number of likely N-dealkylation sites (tertiary alicyclic amines) is 1. The fraction of sp³-hybridized carbons (Fsp3) is 0.591. The molecule has 0 saturated carbocycles. The molecule has 0 aromatic heterocycles. The number of nitrogens with one attached hydrogen (secondary N) is 2. The predicted molar refractivity (Wildman–Crippen MR) is 116 cm³/mol. The van der Waals surface area contributed by atoms with Crippen molar-refractivity contribution in [1.29, 1.82) is 0 Å². The minimum Gasteiger partial charge on any atom is -0.307 e. The first kappa shape index (κ1) is 20.4. The van der Waals surface area contributed by atoms with Crippen molar-refractivity contribution in [3.8, 4) is 0 Å². The van der Waals surface area contributed by atoms with Crippen LogP contribution < -0.4 is 10.0 Å². The Morgan fingerprint density at radius 2 is 1.59 bits per heavy atom. The smallest absolute Gasteiger partial charge is 0.307 e. The summed E-state index contributed by atoms with van der Waals surface area (Å²) >= 11 is 0. The molecule has 2 amide bonds. The van der Waals surface area contributed by atoms with Gasteiger partial charge >= 0.3 is 6.03 Å². The first-order valence-electron chi connectivity index (χ1n) is 10.7. The van der Waals surface area contributed by atoms with E-state index in [1.54, 1.807) is 6.08 Å². The van der Waals surface area contributed by atoms with Gasteiger partial charge in [0.15, 0.2) is 0 Å². The van der Waals surface area contributed by atoms with Crippen LogP contribution in [-0.4, -0.2) is 38.0 Å². The largest absolute Gasteiger partial charge is 0.333 e. The number of nitrogens with zero attached hydrogens (tertiary/aromatic N) is 1. The summed E-state index contributed by atoms with van der Waals surface area (Å²) in [6.07, 6.45) is 10.1. The van der Waals surface area contributed by atoms with Gasteiger partial charge in [0, 0.05) is 16.6 Å². The van der Waals surface area contributed by atoms with E-state index in [4.69, 9.17) is 0 Å². The third kappa shape index (κ3) is 4.36. The molecule has 1 fully saturated rings. The predicted octanol–water partition coefficient (Wildman–Crippen LogP) is 3.50. The standard InChI is InChI=1S/C22H31N3O3S/c1-22(2,25-12-3-4-13-25)11-14-29(27,28)24-21(26)23-20-18-9-5-7-16(18)15-17-8-6-10-19(17)20/h11,14-15H,3-10,12-13H2,1-2H3,(H2,23,24,26)/b14-11+. The summed E-state index contributed by atoms with van der Waals surface area (Å²) in [7, 11) is -3.86. The Balaban J connectivity index is 1.47. The van der Waals surface area contributed by atoms with Crippen LogP contribution in [0.25, 0.3) is 0 Å². The molecule has 2 aliphatic carbocycles. The van der Waals surface area contributed by atoms with E-state index >= 15 is 0 Å². The maximum atomic E-state index is 12.6. The minimum absolute atomic E-state index is 0.358. The highest BCUT2D eigenvalue weighted by atomic mass is 32.2. The van der Waals surface area contributed by atoms with Gasteiger partial charge in [0.05, 0.1) is 0 Å². The second-order valence-electron chi connectivity index (χ2n) is 8.99. The van der Waals surface area contributed by atoms with Crippen LogP contribution in [0.15, 0.2) is 17.6 Å². The zero-order valence-corrected chi connectivity index (χ0v) is 18.2. The fourth-order valence-electron chi connectivity index (χ4n) is 4.92. The van der Waals surface area contributed by atoms with E-state index in [1.807, 2.05) is 13.8 Å². The zero-order chi connectivity index (χ0) is 20.6. The molecular weight excluding hydrogens is 386 g/mol. The van der Waals surface area contributed by atoms with Crippen molar-refractivity contribution in [3.05, 3.63) is 39.8 Å². The number of carbonyl (C=O) groups is 1. The lowest BCUT2D eigenvalue weighted by Gasteiger charge is -2.32. The van der Waals surface area contributed by atoms with Gasteiger partial charge in [-0.1, -0.05) is 12.1 Å². The Kier molecular flexibility index (Phi) is 5.46. The van der Waals surface area contributed by atoms with Crippen LogP contribution in [0.2, 0.25) is 0 Å². The van der Waals surface area contributed by atoms with Crippen LogP contribution in [0.4, 0.5) is 10.5 Å². The second kappa shape index (κ2) is 7.76. The Hall–Kier alpha value is -1.86. The number of fused-ring (bicyclic) bond motifs is 2. The molecule has 3 aliphatic rings. The molecule has 0 bridgehead atoms. The minimum atomic E-state index is -3.86. The molecule has 0 spiro atoms. The van der Waals surface area contributed by atoms with Gasteiger partial charge < -0.3 is 5.32 Å². The number of benzene rings is 1. The molecule has 1 aromatic rings. The van der Waals surface area contributed by atoms with Crippen LogP contribution in [0.1, 0.15) is 61.8 Å². The van der Waals surface area contributed by atoms with Crippen molar-refractivity contribution in [2.45, 2.75) is 70.8 Å². The quantitative estimate of drug-likeness (QED) is 0.769. The zero-order valence-electron chi connectivity index (χ0n) is 17.4. The van der Waals surface area contributed by atoms with Crippen molar-refractivity contribution in [2.75, 3.05) is 18.4 Å². The van der Waals surface area contributed by atoms with Crippen LogP contribution >= 0.6 is 0 Å². The Morgan fingerprint density at radius 3 is 2.17 bits per heavy atom. The first-order chi connectivity index (χ1) is 13.8. The van der Waals surface area contributed by atoms with Crippen molar-refractivity contribution in [3.63, 3.8) is 0 Å². The number of amides is 2. The molecule has 158 valence electrons. The van der Waals surface area contributed by atoms with E-state index < -0.39 is 16.1 Å². The average molecular weight is 418 g/mol. The number of aryl methyl sites for hydroxylation is 2. The van der Waals surface area contributed by atoms with E-state index in [1.165, 1.54) is 22.3 Å². The Labute approximate surface area is 173 Å². The number of anilines is 1. The molecule has 29 heavy (non-hydrogen) atoms. The van der Waals surface area contributed by atoms with E-state index in [2.05, 4.69) is 21.0 Å². The van der Waals surface area contributed by atoms with Crippen molar-refractivity contribution >= 4 is 21.7 Å². The van der Waals surface area contributed by atoms with Gasteiger partial charge in [0.2, 0.25) is 0 Å². The molecule has 4 rings (SSSR count). The molecular formula is C22H31N3O3S. The Bertz CT molecular complexity index is 912. The van der Waals surface area contributed by atoms with Crippen LogP contribution in [0, 0.1) is 0 Å². The van der Waals surface area contributed by atoms with Gasteiger partial charge in [-0.2, -0.15) is 0 Å². The van der Waals surface area contributed by atoms with Gasteiger partial charge in [-0.15, -0.1) is 0 Å². The number of rotatable bonds is 5. The summed E-state index contributed by atoms with van der Waals surface area (Å²) in [5.41, 5.74) is 5.46. The molecule has 1 saturated heterocycles. The lowest BCUT2D eigenvalue weighted by Crippen LogP contribution is -2.40. The lowest BCUT2D eigenvalue weighted by atomic mass is 9.99. The summed E-state index contributed by atoms with van der Waals surface area (Å²) in [5.74, 6) is 0. The van der Waals surface area contributed by atoms with E-state index in [0.717, 1.165) is 75.6 Å². The van der Waals surface area contributed by atoms with Crippen molar-refractivity contribution < 1.29 is 13.2 Å². The number of urea groups is 1. The molecule has 0 unspecified atom stereocenters. The fourth-order valence-corrected chi connectivity index (χ4v) is 5.81. The second-order valence-corrected chi connectivity index (χ2v) is 10.6. The molecule has 2 N–H and O–H groups in total. The molecule has 1 aromatic carbocycles. The first-order valence-corrected chi connectivity index (χ1v) is 12.2. The number of hydrogen-bond acceptors (Lipinski definition) is 4. The van der Waals surface area contributed by atoms with E-state index in [0.29, 0.717) is 0 Å². The third-order valence-corrected chi connectivity index (χ3v) is 7.49. The third-order valence-electron chi connectivity index (χ3n) is 6.52. The van der Waals surface area contributed by atoms with Crippen LogP contribution in [0.5, 0.6) is 0 Å². The molecule has 0 radical (unpaired) electrons. The van der Waals surface area contributed by atoms with Crippen LogP contribution in [-0.2, 0) is 35.7 Å². The average Bonchev–Trinajstić information content (AvgIpc) is 3.40. The van der Waals surface area contributed by atoms with E-state index in [9.17, 15) is 13.2 Å². The van der Waals surface area contributed by atoms with Gasteiger partial charge in [-0.25, -0.2) is 17.9 Å². The molecule has 1 heterocycles. The Morgan fingerprint density at radius 1 is 1.00 bits per heavy atom. The summed E-state index contributed by atoms with van der Waals surface area (Å²) in [5, 5.41) is 4.01. The molecule has 7 heteroatoms. The van der Waals surface area contributed by atoms with Gasteiger partial charge in [0.1, 0.15) is 0 Å². The molecule has 1 aliphatic heterocycles. The highest BCUT2D eigenvalue weighted by Crippen LogP contribution is 2.38. The lowest BCUT2D eigenvalue weighted by molar-refractivity contribution is 0.204. The van der Waals surface area contributed by atoms with Gasteiger partial charge in [0.25, 0.3) is 10.0 Å². The van der Waals surface area contributed by atoms with Crippen molar-refractivity contribution in [1.82, 2.24) is 9.62 Å². The normalized spacial score (nSPS) is 19.5. The SMILES string of the molecule is CC(C)(/C=C/S(=O)(=O)NC(=O)Nc1c2c(cc3c1CCC3)CCC2)N1CCCC1. The highest BCUT2D eigenvalue weighted by molar-refractivity contribution is 7.92. The topological polar surface area (TPSA) is 78.5 Å². The number of carbonyl (C=O) groups excluding carboxylic acids is 1. The van der Waals surface area contributed by atoms with Crippen LogP contribution in [0.3, 0.4) is 0 Å². The maximum absolute atomic E-state index is 12.6. The number of hydrogen-bond donors (Lipinski definition) is 2. The summed E-state index contributed by atoms with van der Waals surface area (Å²) in [6, 6.07) is 1.61.